The first-order valence-corrected chi connectivity index (χ1v) is 9.43. The molecule has 8 heteroatoms. The van der Waals surface area contributed by atoms with Crippen LogP contribution in [0.4, 0.5) is 5.69 Å². The van der Waals surface area contributed by atoms with Crippen LogP contribution >= 0.6 is 23.2 Å². The van der Waals surface area contributed by atoms with E-state index >= 15 is 0 Å². The van der Waals surface area contributed by atoms with E-state index in [0.717, 1.165) is 17.0 Å². The quantitative estimate of drug-likeness (QED) is 0.840. The van der Waals surface area contributed by atoms with Crippen LogP contribution in [0.2, 0.25) is 10.0 Å². The number of rotatable bonds is 6. The van der Waals surface area contributed by atoms with Gasteiger partial charge in [-0.2, -0.15) is 0 Å². The standard InChI is InChI=1S/C14H20Cl2N2O3S/c1-5-9(2)17-14(19)10(3)18(22(4,20)21)13-8-11(15)6-7-12(13)16/h6-10H,5H2,1-4H3,(H,17,19)/t9-,10-/m0/s1. The lowest BCUT2D eigenvalue weighted by Gasteiger charge is -2.29. The summed E-state index contributed by atoms with van der Waals surface area (Å²) in [6.45, 7) is 5.29. The van der Waals surface area contributed by atoms with Crippen LogP contribution in [0.15, 0.2) is 18.2 Å². The summed E-state index contributed by atoms with van der Waals surface area (Å²) in [6.07, 6.45) is 1.77. The molecule has 124 valence electrons. The van der Waals surface area contributed by atoms with Crippen LogP contribution in [0, 0.1) is 0 Å². The van der Waals surface area contributed by atoms with Crippen LogP contribution in [-0.4, -0.2) is 32.7 Å². The van der Waals surface area contributed by atoms with Gasteiger partial charge in [-0.25, -0.2) is 8.42 Å². The predicted molar refractivity (Wildman–Crippen MR) is 91.1 cm³/mol. The van der Waals surface area contributed by atoms with Gasteiger partial charge in [-0.1, -0.05) is 30.1 Å². The molecule has 0 unspecified atom stereocenters. The second kappa shape index (κ2) is 7.53. The number of hydrogen-bond acceptors (Lipinski definition) is 3. The van der Waals surface area contributed by atoms with E-state index in [1.165, 1.54) is 19.1 Å². The maximum atomic E-state index is 12.3. The number of carbonyl (C=O) groups is 1. The minimum Gasteiger partial charge on any atom is -0.352 e. The van der Waals surface area contributed by atoms with Crippen molar-refractivity contribution in [2.75, 3.05) is 10.6 Å². The van der Waals surface area contributed by atoms with Crippen molar-refractivity contribution < 1.29 is 13.2 Å². The van der Waals surface area contributed by atoms with Gasteiger partial charge in [0.15, 0.2) is 0 Å². The molecule has 0 fully saturated rings. The third-order valence-corrected chi connectivity index (χ3v) is 5.02. The Balaban J connectivity index is 3.25. The molecule has 1 aromatic carbocycles. The van der Waals surface area contributed by atoms with Crippen molar-refractivity contribution in [2.45, 2.75) is 39.3 Å². The highest BCUT2D eigenvalue weighted by Gasteiger charge is 2.31. The normalized spacial score (nSPS) is 14.3. The Morgan fingerprint density at radius 2 is 1.91 bits per heavy atom. The molecule has 22 heavy (non-hydrogen) atoms. The minimum absolute atomic E-state index is 0.0498. The van der Waals surface area contributed by atoms with Crippen LogP contribution < -0.4 is 9.62 Å². The zero-order valence-corrected chi connectivity index (χ0v) is 15.3. The minimum atomic E-state index is -3.71. The first-order chi connectivity index (χ1) is 10.1. The van der Waals surface area contributed by atoms with Gasteiger partial charge < -0.3 is 5.32 Å². The van der Waals surface area contributed by atoms with Crippen molar-refractivity contribution in [2.24, 2.45) is 0 Å². The Morgan fingerprint density at radius 1 is 1.32 bits per heavy atom. The van der Waals surface area contributed by atoms with Gasteiger partial charge in [0.25, 0.3) is 0 Å². The number of amides is 1. The fourth-order valence-electron chi connectivity index (χ4n) is 1.90. The van der Waals surface area contributed by atoms with Gasteiger partial charge in [0.2, 0.25) is 15.9 Å². The molecule has 0 aromatic heterocycles. The van der Waals surface area contributed by atoms with Crippen LogP contribution in [0.3, 0.4) is 0 Å². The molecule has 1 N–H and O–H groups in total. The lowest BCUT2D eigenvalue weighted by Crippen LogP contribution is -2.49. The Morgan fingerprint density at radius 3 is 2.41 bits per heavy atom. The number of hydrogen-bond donors (Lipinski definition) is 1. The molecule has 0 saturated heterocycles. The number of sulfonamides is 1. The fourth-order valence-corrected chi connectivity index (χ4v) is 3.50. The number of anilines is 1. The molecule has 5 nitrogen and oxygen atoms in total. The van der Waals surface area contributed by atoms with Gasteiger partial charge in [0.1, 0.15) is 6.04 Å². The lowest BCUT2D eigenvalue weighted by atomic mass is 10.2. The van der Waals surface area contributed by atoms with Crippen molar-refractivity contribution in [3.63, 3.8) is 0 Å². The molecule has 0 saturated carbocycles. The summed E-state index contributed by atoms with van der Waals surface area (Å²) in [5.41, 5.74) is 0.184. The highest BCUT2D eigenvalue weighted by molar-refractivity contribution is 7.92. The van der Waals surface area contributed by atoms with E-state index in [1.807, 2.05) is 13.8 Å². The van der Waals surface area contributed by atoms with E-state index in [9.17, 15) is 13.2 Å². The average molecular weight is 367 g/mol. The molecule has 0 aliphatic rings. The SMILES string of the molecule is CC[C@H](C)NC(=O)[C@H](C)N(c1cc(Cl)ccc1Cl)S(C)(=O)=O. The maximum Gasteiger partial charge on any atom is 0.243 e. The maximum absolute atomic E-state index is 12.3. The third kappa shape index (κ3) is 4.76. The molecule has 0 bridgehead atoms. The van der Waals surface area contributed by atoms with Gasteiger partial charge in [-0.15, -0.1) is 0 Å². The van der Waals surface area contributed by atoms with Crippen molar-refractivity contribution >= 4 is 44.8 Å². The van der Waals surface area contributed by atoms with Crippen LogP contribution in [-0.2, 0) is 14.8 Å². The van der Waals surface area contributed by atoms with E-state index in [0.29, 0.717) is 5.02 Å². The van der Waals surface area contributed by atoms with Gasteiger partial charge >= 0.3 is 0 Å². The monoisotopic (exact) mass is 366 g/mol. The summed E-state index contributed by atoms with van der Waals surface area (Å²) in [4.78, 5) is 12.3. The Kier molecular flexibility index (Phi) is 6.52. The van der Waals surface area contributed by atoms with Crippen molar-refractivity contribution in [1.82, 2.24) is 5.32 Å². The number of halogens is 2. The van der Waals surface area contributed by atoms with Gasteiger partial charge in [-0.05, 0) is 38.5 Å². The molecule has 1 aromatic rings. The molecular weight excluding hydrogens is 347 g/mol. The van der Waals surface area contributed by atoms with Gasteiger partial charge in [0.05, 0.1) is 17.0 Å². The lowest BCUT2D eigenvalue weighted by molar-refractivity contribution is -0.122. The molecule has 0 aliphatic carbocycles. The van der Waals surface area contributed by atoms with Crippen molar-refractivity contribution in [3.05, 3.63) is 28.2 Å². The Labute approximate surface area is 141 Å². The zero-order chi connectivity index (χ0) is 17.1. The summed E-state index contributed by atoms with van der Waals surface area (Å²) in [7, 11) is -3.71. The van der Waals surface area contributed by atoms with E-state index in [2.05, 4.69) is 5.32 Å². The number of nitrogens with one attached hydrogen (secondary N) is 1. The number of nitrogens with zero attached hydrogens (tertiary/aromatic N) is 1. The molecule has 0 radical (unpaired) electrons. The summed E-state index contributed by atoms with van der Waals surface area (Å²) in [5.74, 6) is -0.393. The van der Waals surface area contributed by atoms with E-state index in [-0.39, 0.29) is 16.8 Å². The van der Waals surface area contributed by atoms with Crippen LogP contribution in [0.25, 0.3) is 0 Å². The fraction of sp³-hybridized carbons (Fsp3) is 0.500. The number of benzene rings is 1. The summed E-state index contributed by atoms with van der Waals surface area (Å²) in [5, 5.41) is 3.31. The molecule has 1 amide bonds. The first kappa shape index (κ1) is 19.1. The second-order valence-electron chi connectivity index (χ2n) is 5.15. The highest BCUT2D eigenvalue weighted by Crippen LogP contribution is 2.32. The largest absolute Gasteiger partial charge is 0.352 e. The van der Waals surface area contributed by atoms with Crippen molar-refractivity contribution in [3.8, 4) is 0 Å². The van der Waals surface area contributed by atoms with Gasteiger partial charge in [0, 0.05) is 11.1 Å². The number of carbonyl (C=O) groups excluding carboxylic acids is 1. The topological polar surface area (TPSA) is 66.5 Å². The molecule has 0 aliphatic heterocycles. The highest BCUT2D eigenvalue weighted by atomic mass is 35.5. The van der Waals surface area contributed by atoms with E-state index in [4.69, 9.17) is 23.2 Å². The predicted octanol–water partition coefficient (Wildman–Crippen LogP) is 3.06. The van der Waals surface area contributed by atoms with Crippen molar-refractivity contribution in [1.29, 1.82) is 0 Å². The summed E-state index contributed by atoms with van der Waals surface area (Å²) >= 11 is 12.0. The summed E-state index contributed by atoms with van der Waals surface area (Å²) in [6, 6.07) is 3.48. The van der Waals surface area contributed by atoms with Crippen LogP contribution in [0.5, 0.6) is 0 Å². The Hall–Kier alpha value is -0.980. The van der Waals surface area contributed by atoms with E-state index in [1.54, 1.807) is 6.07 Å². The van der Waals surface area contributed by atoms with Crippen LogP contribution in [0.1, 0.15) is 27.2 Å². The smallest absolute Gasteiger partial charge is 0.243 e. The first-order valence-electron chi connectivity index (χ1n) is 6.82. The second-order valence-corrected chi connectivity index (χ2v) is 7.85. The van der Waals surface area contributed by atoms with Gasteiger partial charge in [-0.3, -0.25) is 9.10 Å². The Bertz CT molecular complexity index is 649. The molecule has 0 heterocycles. The average Bonchev–Trinajstić information content (AvgIpc) is 2.41. The molecule has 0 spiro atoms. The summed E-state index contributed by atoms with van der Waals surface area (Å²) < 4.78 is 25.3. The third-order valence-electron chi connectivity index (χ3n) is 3.24. The molecule has 1 rings (SSSR count). The van der Waals surface area contributed by atoms with E-state index < -0.39 is 22.0 Å². The molecular formula is C14H20Cl2N2O3S. The molecule has 2 atom stereocenters. The zero-order valence-electron chi connectivity index (χ0n) is 12.9.